The zero-order valence-corrected chi connectivity index (χ0v) is 27.0. The van der Waals surface area contributed by atoms with Crippen LogP contribution in [0.4, 0.5) is 11.4 Å². The fraction of sp³-hybridized carbons (Fsp3) is 0.278. The number of hydrogen-bond donors (Lipinski definition) is 2. The van der Waals surface area contributed by atoms with Gasteiger partial charge in [-0.2, -0.15) is 0 Å². The lowest BCUT2D eigenvalue weighted by Gasteiger charge is -2.16. The first-order valence-electron chi connectivity index (χ1n) is 15.5. The average molecular weight is 653 g/mol. The monoisotopic (exact) mass is 652 g/mol. The van der Waals surface area contributed by atoms with Crippen LogP contribution in [-0.2, 0) is 32.0 Å². The highest BCUT2D eigenvalue weighted by molar-refractivity contribution is 7.10. The smallest absolute Gasteiger partial charge is 0.229 e. The van der Waals surface area contributed by atoms with Crippen molar-refractivity contribution in [3.8, 4) is 0 Å². The molecule has 6 rings (SSSR count). The van der Waals surface area contributed by atoms with E-state index in [4.69, 9.17) is 0 Å². The van der Waals surface area contributed by atoms with Crippen LogP contribution in [-0.4, -0.2) is 59.6 Å². The van der Waals surface area contributed by atoms with Crippen molar-refractivity contribution in [3.05, 3.63) is 104 Å². The van der Waals surface area contributed by atoms with Gasteiger partial charge in [-0.3, -0.25) is 19.2 Å². The summed E-state index contributed by atoms with van der Waals surface area (Å²) in [6.45, 7) is 2.18. The number of hydrogen-bond acceptors (Lipinski definition) is 6. The first-order valence-corrected chi connectivity index (χ1v) is 17.3. The molecule has 10 heteroatoms. The number of carbonyl (C=O) groups excluding carboxylic acids is 4. The molecule has 8 nitrogen and oxygen atoms in total. The largest absolute Gasteiger partial charge is 0.342 e. The highest BCUT2D eigenvalue weighted by Gasteiger charge is 2.35. The van der Waals surface area contributed by atoms with Crippen molar-refractivity contribution < 1.29 is 19.2 Å². The first-order chi connectivity index (χ1) is 22.4. The zero-order chi connectivity index (χ0) is 31.9. The van der Waals surface area contributed by atoms with E-state index in [-0.39, 0.29) is 48.3 Å². The highest BCUT2D eigenvalue weighted by atomic mass is 32.1. The number of anilines is 2. The van der Waals surface area contributed by atoms with Crippen molar-refractivity contribution >= 4 is 69.8 Å². The summed E-state index contributed by atoms with van der Waals surface area (Å²) in [5, 5.41) is 9.98. The predicted molar refractivity (Wildman–Crippen MR) is 184 cm³/mol. The second kappa shape index (κ2) is 14.7. The van der Waals surface area contributed by atoms with Gasteiger partial charge in [0.25, 0.3) is 0 Å². The molecule has 236 valence electrons. The molecule has 4 heterocycles. The number of nitrogens with zero attached hydrogens (tertiary/aromatic N) is 2. The molecule has 0 aliphatic carbocycles. The third-order valence-electron chi connectivity index (χ3n) is 8.41. The average Bonchev–Trinajstić information content (AvgIpc) is 3.88. The van der Waals surface area contributed by atoms with Crippen LogP contribution < -0.4 is 10.6 Å². The summed E-state index contributed by atoms with van der Waals surface area (Å²) < 4.78 is 0. The standard InChI is InChI=1S/C36H36N4O4S2/c41-33-21-27(23-39(33)17-15-31-3-1-19-45-31)35(43)37-29-11-7-25(8-12-29)5-6-26-9-13-30(14-10-26)38-36(44)28-22-34(42)40(24-28)18-16-32-4-2-20-46-32/h1-14,19-20,27-28H,15-18,21-24H2,(H,37,43)(H,38,44)/b6-5+. The molecule has 2 saturated heterocycles. The van der Waals surface area contributed by atoms with Crippen LogP contribution in [0.2, 0.25) is 0 Å². The van der Waals surface area contributed by atoms with Gasteiger partial charge in [0.05, 0.1) is 11.8 Å². The molecule has 2 aromatic carbocycles. The number of rotatable bonds is 12. The van der Waals surface area contributed by atoms with E-state index in [0.29, 0.717) is 37.6 Å². The Morgan fingerprint density at radius 1 is 0.652 bits per heavy atom. The van der Waals surface area contributed by atoms with Gasteiger partial charge < -0.3 is 20.4 Å². The Labute approximate surface area is 276 Å². The summed E-state index contributed by atoms with van der Waals surface area (Å²) in [6.07, 6.45) is 6.08. The van der Waals surface area contributed by atoms with Gasteiger partial charge in [-0.15, -0.1) is 22.7 Å². The Kier molecular flexibility index (Phi) is 10.0. The molecule has 2 aromatic heterocycles. The van der Waals surface area contributed by atoms with Gasteiger partial charge in [0.15, 0.2) is 0 Å². The van der Waals surface area contributed by atoms with E-state index in [2.05, 4.69) is 22.8 Å². The van der Waals surface area contributed by atoms with Crippen molar-refractivity contribution in [2.45, 2.75) is 25.7 Å². The molecule has 46 heavy (non-hydrogen) atoms. The Balaban J connectivity index is 0.940. The normalized spacial score (nSPS) is 18.1. The Morgan fingerprint density at radius 3 is 1.43 bits per heavy atom. The van der Waals surface area contributed by atoms with Gasteiger partial charge in [0.2, 0.25) is 23.6 Å². The molecule has 2 atom stereocenters. The summed E-state index contributed by atoms with van der Waals surface area (Å²) >= 11 is 3.36. The molecule has 2 N–H and O–H groups in total. The minimum Gasteiger partial charge on any atom is -0.342 e. The SMILES string of the molecule is O=C(Nc1ccc(/C=C/c2ccc(NC(=O)C3CC(=O)N(CCc4cccs4)C3)cc2)cc1)C1CC(=O)N(CCc2cccs2)C1. The lowest BCUT2D eigenvalue weighted by molar-refractivity contribution is -0.128. The fourth-order valence-electron chi connectivity index (χ4n) is 5.76. The Bertz CT molecular complexity index is 1560. The van der Waals surface area contributed by atoms with E-state index in [0.717, 1.165) is 24.0 Å². The summed E-state index contributed by atoms with van der Waals surface area (Å²) in [4.78, 5) is 56.6. The number of thiophene rings is 2. The van der Waals surface area contributed by atoms with Crippen molar-refractivity contribution in [1.29, 1.82) is 0 Å². The van der Waals surface area contributed by atoms with Gasteiger partial charge in [-0.05, 0) is 71.1 Å². The van der Waals surface area contributed by atoms with Gasteiger partial charge in [-0.25, -0.2) is 0 Å². The van der Waals surface area contributed by atoms with Crippen LogP contribution in [0.3, 0.4) is 0 Å². The maximum Gasteiger partial charge on any atom is 0.229 e. The van der Waals surface area contributed by atoms with Crippen molar-refractivity contribution in [3.63, 3.8) is 0 Å². The summed E-state index contributed by atoms with van der Waals surface area (Å²) in [7, 11) is 0. The molecule has 2 aliphatic rings. The number of carbonyl (C=O) groups is 4. The summed E-state index contributed by atoms with van der Waals surface area (Å²) in [5.41, 5.74) is 3.34. The maximum absolute atomic E-state index is 12.9. The first kappa shape index (κ1) is 31.4. The van der Waals surface area contributed by atoms with E-state index in [1.54, 1.807) is 32.5 Å². The quantitative estimate of drug-likeness (QED) is 0.182. The minimum absolute atomic E-state index is 0.0326. The van der Waals surface area contributed by atoms with Crippen molar-refractivity contribution in [1.82, 2.24) is 9.80 Å². The van der Waals surface area contributed by atoms with E-state index < -0.39 is 0 Å². The molecule has 4 amide bonds. The number of likely N-dealkylation sites (tertiary alicyclic amines) is 2. The van der Waals surface area contributed by atoms with E-state index in [9.17, 15) is 19.2 Å². The summed E-state index contributed by atoms with van der Waals surface area (Å²) in [5.74, 6) is -0.891. The second-order valence-corrected chi connectivity index (χ2v) is 13.8. The Morgan fingerprint density at radius 2 is 1.07 bits per heavy atom. The maximum atomic E-state index is 12.9. The van der Waals surface area contributed by atoms with Crippen LogP contribution in [0.1, 0.15) is 33.7 Å². The van der Waals surface area contributed by atoms with Crippen LogP contribution in [0.15, 0.2) is 83.6 Å². The highest BCUT2D eigenvalue weighted by Crippen LogP contribution is 2.23. The lowest BCUT2D eigenvalue weighted by atomic mass is 10.1. The number of nitrogens with one attached hydrogen (secondary N) is 2. The molecule has 0 bridgehead atoms. The molecule has 2 aliphatic heterocycles. The van der Waals surface area contributed by atoms with Gasteiger partial charge >= 0.3 is 0 Å². The minimum atomic E-state index is -0.347. The molecule has 0 radical (unpaired) electrons. The van der Waals surface area contributed by atoms with E-state index in [1.165, 1.54) is 9.75 Å². The molecular formula is C36H36N4O4S2. The molecule has 0 spiro atoms. The zero-order valence-electron chi connectivity index (χ0n) is 25.4. The topological polar surface area (TPSA) is 98.8 Å². The second-order valence-electron chi connectivity index (χ2n) is 11.7. The van der Waals surface area contributed by atoms with Gasteiger partial charge in [0, 0.05) is 60.1 Å². The van der Waals surface area contributed by atoms with Crippen molar-refractivity contribution in [2.75, 3.05) is 36.8 Å². The number of amides is 4. The van der Waals surface area contributed by atoms with Gasteiger partial charge in [0.1, 0.15) is 0 Å². The molecule has 2 unspecified atom stereocenters. The Hall–Kier alpha value is -4.54. The third-order valence-corrected chi connectivity index (χ3v) is 10.3. The van der Waals surface area contributed by atoms with Crippen LogP contribution in [0.5, 0.6) is 0 Å². The molecular weight excluding hydrogens is 617 g/mol. The molecule has 4 aromatic rings. The summed E-state index contributed by atoms with van der Waals surface area (Å²) in [6, 6.07) is 23.3. The fourth-order valence-corrected chi connectivity index (χ4v) is 7.16. The van der Waals surface area contributed by atoms with Gasteiger partial charge in [-0.1, -0.05) is 48.6 Å². The predicted octanol–water partition coefficient (Wildman–Crippen LogP) is 6.04. The van der Waals surface area contributed by atoms with Crippen LogP contribution >= 0.6 is 22.7 Å². The van der Waals surface area contributed by atoms with Crippen molar-refractivity contribution in [2.24, 2.45) is 11.8 Å². The van der Waals surface area contributed by atoms with E-state index >= 15 is 0 Å². The molecule has 2 fully saturated rings. The third kappa shape index (κ3) is 8.18. The van der Waals surface area contributed by atoms with E-state index in [1.807, 2.05) is 83.6 Å². The molecule has 0 saturated carbocycles. The lowest BCUT2D eigenvalue weighted by Crippen LogP contribution is -2.29. The number of benzene rings is 2. The van der Waals surface area contributed by atoms with Crippen LogP contribution in [0.25, 0.3) is 12.2 Å². The van der Waals surface area contributed by atoms with Crippen LogP contribution in [0, 0.1) is 11.8 Å².